The van der Waals surface area contributed by atoms with Crippen molar-refractivity contribution in [1.29, 1.82) is 0 Å². The van der Waals surface area contributed by atoms with Crippen LogP contribution in [0.2, 0.25) is 0 Å². The van der Waals surface area contributed by atoms with Gasteiger partial charge in [0.1, 0.15) is 0 Å². The summed E-state index contributed by atoms with van der Waals surface area (Å²) in [5.74, 6) is -0.00266. The molecule has 0 saturated heterocycles. The van der Waals surface area contributed by atoms with Crippen molar-refractivity contribution in [3.05, 3.63) is 102 Å². The van der Waals surface area contributed by atoms with Crippen LogP contribution in [0.15, 0.2) is 90.3 Å². The molecule has 0 radical (unpaired) electrons. The van der Waals surface area contributed by atoms with E-state index in [4.69, 9.17) is 0 Å². The lowest BCUT2D eigenvalue weighted by atomic mass is 9.87. The van der Waals surface area contributed by atoms with Crippen molar-refractivity contribution in [2.75, 3.05) is 4.90 Å². The highest BCUT2D eigenvalue weighted by Crippen LogP contribution is 2.45. The van der Waals surface area contributed by atoms with Crippen LogP contribution in [0.3, 0.4) is 0 Å². The number of aliphatic hydroxyl groups is 1. The zero-order chi connectivity index (χ0) is 29.1. The summed E-state index contributed by atoms with van der Waals surface area (Å²) in [6.07, 6.45) is 6.63. The predicted octanol–water partition coefficient (Wildman–Crippen LogP) is 4.42. The quantitative estimate of drug-likeness (QED) is 0.358. The number of fused-ring (bicyclic) bond motifs is 1. The molecule has 10 heteroatoms. The maximum atomic E-state index is 13.7. The number of nitrogens with one attached hydrogen (secondary N) is 1. The summed E-state index contributed by atoms with van der Waals surface area (Å²) in [6.45, 7) is 9.41. The Morgan fingerprint density at radius 1 is 0.925 bits per heavy atom. The van der Waals surface area contributed by atoms with Crippen LogP contribution < -0.4 is 9.62 Å². The fourth-order valence-corrected chi connectivity index (χ4v) is 5.90. The van der Waals surface area contributed by atoms with E-state index < -0.39 is 27.1 Å². The first-order chi connectivity index (χ1) is 19.0. The van der Waals surface area contributed by atoms with Crippen molar-refractivity contribution in [3.8, 4) is 11.4 Å². The van der Waals surface area contributed by atoms with Gasteiger partial charge in [-0.1, -0.05) is 44.2 Å². The summed E-state index contributed by atoms with van der Waals surface area (Å²) < 4.78 is 28.1. The summed E-state index contributed by atoms with van der Waals surface area (Å²) in [7, 11) is -3.77. The average Bonchev–Trinajstić information content (AvgIpc) is 3.16. The third-order valence-electron chi connectivity index (χ3n) is 6.15. The Morgan fingerprint density at radius 3 is 2.12 bits per heavy atom. The summed E-state index contributed by atoms with van der Waals surface area (Å²) >= 11 is 0. The first-order valence-corrected chi connectivity index (χ1v) is 14.5. The number of amides is 1. The molecule has 0 fully saturated rings. The molecule has 3 heterocycles. The van der Waals surface area contributed by atoms with E-state index in [1.165, 1.54) is 29.2 Å². The van der Waals surface area contributed by atoms with Crippen molar-refractivity contribution >= 4 is 21.6 Å². The van der Waals surface area contributed by atoms with Gasteiger partial charge in [0, 0.05) is 47.0 Å². The van der Waals surface area contributed by atoms with Crippen LogP contribution in [0.1, 0.15) is 51.3 Å². The summed E-state index contributed by atoms with van der Waals surface area (Å²) in [5.41, 5.74) is 0.130. The highest BCUT2D eigenvalue weighted by molar-refractivity contribution is 7.89. The monoisotopic (exact) mass is 559 g/mol. The van der Waals surface area contributed by atoms with Gasteiger partial charge in [0.2, 0.25) is 10.0 Å². The number of benzene rings is 2. The molecule has 40 heavy (non-hydrogen) atoms. The molecule has 1 amide bonds. The highest BCUT2D eigenvalue weighted by Gasteiger charge is 2.51. The van der Waals surface area contributed by atoms with Gasteiger partial charge in [-0.2, -0.15) is 0 Å². The van der Waals surface area contributed by atoms with Crippen molar-refractivity contribution in [1.82, 2.24) is 19.7 Å². The maximum Gasteiger partial charge on any atom is 0.268 e. The molecule has 4 aromatic rings. The molecule has 5 rings (SSSR count). The lowest BCUT2D eigenvalue weighted by molar-refractivity contribution is -0.132. The van der Waals surface area contributed by atoms with E-state index in [9.17, 15) is 18.3 Å². The normalized spacial score (nSPS) is 16.8. The van der Waals surface area contributed by atoms with Gasteiger partial charge in [-0.15, -0.1) is 0 Å². The zero-order valence-electron chi connectivity index (χ0n) is 23.2. The maximum absolute atomic E-state index is 13.7. The molecule has 1 aliphatic rings. The van der Waals surface area contributed by atoms with Crippen LogP contribution in [0, 0.1) is 0 Å². The number of hydrogen-bond donors (Lipinski definition) is 2. The fourth-order valence-electron chi connectivity index (χ4n) is 4.48. The average molecular weight is 560 g/mol. The number of carbonyl (C=O) groups excluding carboxylic acids is 1. The standard InChI is InChI=1S/C28H27N5O4S.C2H6/c1-27(2,3)32-38(36,37)22-10-8-21(9-11-22)28(35)23-6-4-5-7-24(23)33(26(28)34)18-19-16-30-25(31-17-19)20-12-14-29-15-13-20;1-2/h4-17,32,35H,18H2,1-3H3;1-2H3. The van der Waals surface area contributed by atoms with Crippen LogP contribution in [0.4, 0.5) is 5.69 Å². The number of aromatic nitrogens is 3. The number of sulfonamides is 1. The number of carbonyl (C=O) groups is 1. The molecule has 2 aromatic carbocycles. The first kappa shape index (κ1) is 29.0. The second-order valence-electron chi connectivity index (χ2n) is 10.1. The third kappa shape index (κ3) is 5.65. The van der Waals surface area contributed by atoms with Gasteiger partial charge in [-0.25, -0.2) is 23.1 Å². The largest absolute Gasteiger partial charge is 0.372 e. The molecule has 2 aromatic heterocycles. The van der Waals surface area contributed by atoms with E-state index >= 15 is 0 Å². The van der Waals surface area contributed by atoms with E-state index in [0.29, 0.717) is 22.6 Å². The van der Waals surface area contributed by atoms with E-state index in [1.54, 1.807) is 69.8 Å². The Balaban J connectivity index is 0.00000181. The van der Waals surface area contributed by atoms with Crippen LogP contribution in [-0.2, 0) is 27.0 Å². The third-order valence-corrected chi connectivity index (χ3v) is 7.92. The molecule has 1 unspecified atom stereocenters. The lowest BCUT2D eigenvalue weighted by Crippen LogP contribution is -2.41. The van der Waals surface area contributed by atoms with Gasteiger partial charge in [0.15, 0.2) is 11.4 Å². The molecular formula is C30H33N5O4S. The van der Waals surface area contributed by atoms with E-state index in [2.05, 4.69) is 19.7 Å². The van der Waals surface area contributed by atoms with Crippen molar-refractivity contribution in [3.63, 3.8) is 0 Å². The summed E-state index contributed by atoms with van der Waals surface area (Å²) in [5, 5.41) is 11.8. The van der Waals surface area contributed by atoms with Crippen LogP contribution in [0.5, 0.6) is 0 Å². The molecule has 1 aliphatic heterocycles. The molecule has 9 nitrogen and oxygen atoms in total. The predicted molar refractivity (Wildman–Crippen MR) is 154 cm³/mol. The molecule has 0 saturated carbocycles. The molecule has 1 atom stereocenters. The number of para-hydroxylation sites is 1. The number of rotatable bonds is 6. The van der Waals surface area contributed by atoms with Crippen LogP contribution >= 0.6 is 0 Å². The van der Waals surface area contributed by atoms with E-state index in [0.717, 1.165) is 5.56 Å². The number of anilines is 1. The van der Waals surface area contributed by atoms with Crippen LogP contribution in [0.25, 0.3) is 11.4 Å². The first-order valence-electron chi connectivity index (χ1n) is 13.0. The Hall–Kier alpha value is -3.99. The number of hydrogen-bond acceptors (Lipinski definition) is 7. The van der Waals surface area contributed by atoms with Gasteiger partial charge >= 0.3 is 0 Å². The van der Waals surface area contributed by atoms with E-state index in [-0.39, 0.29) is 17.0 Å². The Morgan fingerprint density at radius 2 is 1.52 bits per heavy atom. The summed E-state index contributed by atoms with van der Waals surface area (Å²) in [6, 6.07) is 16.4. The topological polar surface area (TPSA) is 125 Å². The van der Waals surface area contributed by atoms with Gasteiger partial charge in [-0.05, 0) is 56.7 Å². The molecule has 2 N–H and O–H groups in total. The highest BCUT2D eigenvalue weighted by atomic mass is 32.2. The van der Waals surface area contributed by atoms with E-state index in [1.807, 2.05) is 26.0 Å². The van der Waals surface area contributed by atoms with Gasteiger partial charge in [-0.3, -0.25) is 9.78 Å². The number of pyridine rings is 1. The molecule has 0 bridgehead atoms. The number of nitrogens with zero attached hydrogens (tertiary/aromatic N) is 4. The van der Waals surface area contributed by atoms with Crippen molar-refractivity contribution in [2.24, 2.45) is 0 Å². The minimum Gasteiger partial charge on any atom is -0.372 e. The molecular weight excluding hydrogens is 526 g/mol. The Labute approximate surface area is 235 Å². The van der Waals surface area contributed by atoms with Gasteiger partial charge in [0.05, 0.1) is 17.1 Å². The van der Waals surface area contributed by atoms with Crippen LogP contribution in [-0.4, -0.2) is 39.9 Å². The second-order valence-corrected chi connectivity index (χ2v) is 11.8. The SMILES string of the molecule is CC.CC(C)(C)NS(=O)(=O)c1ccc(C2(O)C(=O)N(Cc3cnc(-c4ccncc4)nc3)c3ccccc32)cc1. The minimum absolute atomic E-state index is 0.0433. The molecule has 0 aliphatic carbocycles. The minimum atomic E-state index is -3.77. The summed E-state index contributed by atoms with van der Waals surface area (Å²) in [4.78, 5) is 28.1. The fraction of sp³-hybridized carbons (Fsp3) is 0.267. The molecule has 0 spiro atoms. The Kier molecular flexibility index (Phi) is 8.15. The smallest absolute Gasteiger partial charge is 0.268 e. The molecule has 208 valence electrons. The lowest BCUT2D eigenvalue weighted by Gasteiger charge is -2.24. The second kappa shape index (κ2) is 11.2. The Bertz CT molecular complexity index is 1590. The zero-order valence-corrected chi connectivity index (χ0v) is 24.0. The van der Waals surface area contributed by atoms with Crippen molar-refractivity contribution in [2.45, 2.75) is 57.2 Å². The van der Waals surface area contributed by atoms with Gasteiger partial charge in [0.25, 0.3) is 5.91 Å². The van der Waals surface area contributed by atoms with Crippen molar-refractivity contribution < 1.29 is 18.3 Å². The van der Waals surface area contributed by atoms with Gasteiger partial charge < -0.3 is 10.0 Å².